The van der Waals surface area contributed by atoms with Gasteiger partial charge in [-0.25, -0.2) is 0 Å². The number of anilines is 2. The minimum Gasteiger partial charge on any atom is -0.491 e. The average molecular weight is 326 g/mol. The molecular weight excluding hydrogens is 296 g/mol. The Morgan fingerprint density at radius 2 is 1.75 bits per heavy atom. The Hall–Kier alpha value is -2.16. The van der Waals surface area contributed by atoms with E-state index in [0.29, 0.717) is 12.5 Å². The van der Waals surface area contributed by atoms with Gasteiger partial charge in [0.05, 0.1) is 12.3 Å². The molecule has 0 heterocycles. The van der Waals surface area contributed by atoms with Crippen LogP contribution in [0.5, 0.6) is 5.75 Å². The molecule has 3 nitrogen and oxygen atoms in total. The highest BCUT2D eigenvalue weighted by atomic mass is 16.5. The zero-order chi connectivity index (χ0) is 17.5. The van der Waals surface area contributed by atoms with Crippen LogP contribution in [0.15, 0.2) is 36.4 Å². The van der Waals surface area contributed by atoms with Crippen LogP contribution in [0.1, 0.15) is 37.0 Å². The Labute approximate surface area is 146 Å². The molecule has 0 aliphatic carbocycles. The molecular formula is C21H30N2O. The van der Waals surface area contributed by atoms with Gasteiger partial charge in [-0.2, -0.15) is 0 Å². The van der Waals surface area contributed by atoms with Crippen molar-refractivity contribution in [2.24, 2.45) is 5.92 Å². The average Bonchev–Trinajstić information content (AvgIpc) is 2.49. The van der Waals surface area contributed by atoms with Crippen molar-refractivity contribution in [3.8, 4) is 5.75 Å². The molecule has 2 rings (SSSR count). The van der Waals surface area contributed by atoms with Crippen LogP contribution in [0.3, 0.4) is 0 Å². The molecule has 0 bridgehead atoms. The Morgan fingerprint density at radius 3 is 2.38 bits per heavy atom. The second-order valence-electron chi connectivity index (χ2n) is 6.98. The topological polar surface area (TPSA) is 47.3 Å². The number of nitrogen functional groups attached to an aromatic ring is 1. The SMILES string of the molecule is Cc1cc(C)cc(NCCCc2ccc(OCC(C)C)c(N)c2)c1. The number of nitrogens with two attached hydrogens (primary N) is 1. The standard InChI is InChI=1S/C21H30N2O/c1-15(2)14-24-21-8-7-18(13-20(21)22)6-5-9-23-19-11-16(3)10-17(4)12-19/h7-8,10-13,15,23H,5-6,9,14,22H2,1-4H3. The Balaban J connectivity index is 1.80. The summed E-state index contributed by atoms with van der Waals surface area (Å²) >= 11 is 0. The lowest BCUT2D eigenvalue weighted by atomic mass is 10.1. The molecule has 24 heavy (non-hydrogen) atoms. The predicted octanol–water partition coefficient (Wildman–Crippen LogP) is 4.97. The van der Waals surface area contributed by atoms with E-state index < -0.39 is 0 Å². The van der Waals surface area contributed by atoms with Crippen molar-refractivity contribution in [3.05, 3.63) is 53.1 Å². The molecule has 0 saturated heterocycles. The highest BCUT2D eigenvalue weighted by Gasteiger charge is 2.04. The number of rotatable bonds is 8. The largest absolute Gasteiger partial charge is 0.491 e. The molecule has 0 amide bonds. The first-order chi connectivity index (χ1) is 11.4. The summed E-state index contributed by atoms with van der Waals surface area (Å²) in [6.07, 6.45) is 2.07. The first-order valence-electron chi connectivity index (χ1n) is 8.77. The molecule has 0 aliphatic heterocycles. The fourth-order valence-corrected chi connectivity index (χ4v) is 2.74. The number of hydrogen-bond acceptors (Lipinski definition) is 3. The third-order valence-corrected chi connectivity index (χ3v) is 3.84. The van der Waals surface area contributed by atoms with Crippen LogP contribution < -0.4 is 15.8 Å². The van der Waals surface area contributed by atoms with E-state index in [9.17, 15) is 0 Å². The number of benzene rings is 2. The van der Waals surface area contributed by atoms with E-state index >= 15 is 0 Å². The summed E-state index contributed by atoms with van der Waals surface area (Å²) in [6.45, 7) is 10.2. The molecule has 0 radical (unpaired) electrons. The summed E-state index contributed by atoms with van der Waals surface area (Å²) in [5, 5.41) is 3.50. The van der Waals surface area contributed by atoms with E-state index in [2.05, 4.69) is 57.3 Å². The van der Waals surface area contributed by atoms with Gasteiger partial charge in [0, 0.05) is 12.2 Å². The normalized spacial score (nSPS) is 10.9. The summed E-state index contributed by atoms with van der Waals surface area (Å²) in [5.74, 6) is 1.29. The van der Waals surface area contributed by atoms with E-state index in [1.165, 1.54) is 22.4 Å². The zero-order valence-electron chi connectivity index (χ0n) is 15.4. The summed E-state index contributed by atoms with van der Waals surface area (Å²) in [6, 6.07) is 12.7. The van der Waals surface area contributed by atoms with Crippen LogP contribution >= 0.6 is 0 Å². The zero-order valence-corrected chi connectivity index (χ0v) is 15.4. The maximum Gasteiger partial charge on any atom is 0.142 e. The van der Waals surface area contributed by atoms with Crippen LogP contribution in [-0.4, -0.2) is 13.2 Å². The summed E-state index contributed by atoms with van der Waals surface area (Å²) in [7, 11) is 0. The van der Waals surface area contributed by atoms with Crippen LogP contribution in [0, 0.1) is 19.8 Å². The molecule has 2 aromatic carbocycles. The summed E-state index contributed by atoms with van der Waals surface area (Å²) in [4.78, 5) is 0. The van der Waals surface area contributed by atoms with Gasteiger partial charge in [-0.05, 0) is 73.6 Å². The van der Waals surface area contributed by atoms with Crippen molar-refractivity contribution in [1.29, 1.82) is 0 Å². The fourth-order valence-electron chi connectivity index (χ4n) is 2.74. The molecule has 0 atom stereocenters. The van der Waals surface area contributed by atoms with Crippen molar-refractivity contribution in [1.82, 2.24) is 0 Å². The third kappa shape index (κ3) is 5.80. The molecule has 130 valence electrons. The van der Waals surface area contributed by atoms with Gasteiger partial charge in [-0.3, -0.25) is 0 Å². The third-order valence-electron chi connectivity index (χ3n) is 3.84. The quantitative estimate of drug-likeness (QED) is 0.532. The molecule has 2 aromatic rings. The lowest BCUT2D eigenvalue weighted by Gasteiger charge is -2.12. The minimum atomic E-state index is 0.500. The van der Waals surface area contributed by atoms with Gasteiger partial charge < -0.3 is 15.8 Å². The van der Waals surface area contributed by atoms with Crippen molar-refractivity contribution in [3.63, 3.8) is 0 Å². The van der Waals surface area contributed by atoms with Crippen molar-refractivity contribution < 1.29 is 4.74 Å². The lowest BCUT2D eigenvalue weighted by molar-refractivity contribution is 0.272. The maximum atomic E-state index is 6.10. The van der Waals surface area contributed by atoms with E-state index in [1.807, 2.05) is 12.1 Å². The van der Waals surface area contributed by atoms with Crippen LogP contribution in [0.2, 0.25) is 0 Å². The molecule has 0 spiro atoms. The molecule has 3 heteroatoms. The number of nitrogens with one attached hydrogen (secondary N) is 1. The second-order valence-corrected chi connectivity index (χ2v) is 6.98. The lowest BCUT2D eigenvalue weighted by Crippen LogP contribution is -2.07. The van der Waals surface area contributed by atoms with Crippen LogP contribution in [-0.2, 0) is 6.42 Å². The van der Waals surface area contributed by atoms with Crippen molar-refractivity contribution in [2.75, 3.05) is 24.2 Å². The smallest absolute Gasteiger partial charge is 0.142 e. The number of hydrogen-bond donors (Lipinski definition) is 2. The van der Waals surface area contributed by atoms with Gasteiger partial charge in [-0.15, -0.1) is 0 Å². The Morgan fingerprint density at radius 1 is 1.04 bits per heavy atom. The van der Waals surface area contributed by atoms with Gasteiger partial charge in [0.2, 0.25) is 0 Å². The maximum absolute atomic E-state index is 6.10. The highest BCUT2D eigenvalue weighted by molar-refractivity contribution is 5.54. The van der Waals surface area contributed by atoms with E-state index in [1.54, 1.807) is 0 Å². The first kappa shape index (κ1) is 18.2. The van der Waals surface area contributed by atoms with Gasteiger partial charge in [0.1, 0.15) is 5.75 Å². The molecule has 0 aliphatic rings. The minimum absolute atomic E-state index is 0.500. The van der Waals surface area contributed by atoms with Crippen LogP contribution in [0.4, 0.5) is 11.4 Å². The highest BCUT2D eigenvalue weighted by Crippen LogP contribution is 2.24. The van der Waals surface area contributed by atoms with E-state index in [0.717, 1.165) is 30.8 Å². The molecule has 0 aromatic heterocycles. The summed E-state index contributed by atoms with van der Waals surface area (Å²) in [5.41, 5.74) is 11.9. The number of ether oxygens (including phenoxy) is 1. The molecule has 0 fully saturated rings. The van der Waals surface area contributed by atoms with Crippen molar-refractivity contribution >= 4 is 11.4 Å². The molecule has 0 saturated carbocycles. The first-order valence-corrected chi connectivity index (χ1v) is 8.77. The van der Waals surface area contributed by atoms with Crippen LogP contribution in [0.25, 0.3) is 0 Å². The van der Waals surface area contributed by atoms with Gasteiger partial charge in [0.25, 0.3) is 0 Å². The van der Waals surface area contributed by atoms with Crippen molar-refractivity contribution in [2.45, 2.75) is 40.5 Å². The second kappa shape index (κ2) is 8.62. The Bertz CT molecular complexity index is 645. The number of aryl methyl sites for hydroxylation is 3. The van der Waals surface area contributed by atoms with Gasteiger partial charge in [-0.1, -0.05) is 26.0 Å². The fraction of sp³-hybridized carbons (Fsp3) is 0.429. The van der Waals surface area contributed by atoms with E-state index in [4.69, 9.17) is 10.5 Å². The van der Waals surface area contributed by atoms with Gasteiger partial charge in [0.15, 0.2) is 0 Å². The summed E-state index contributed by atoms with van der Waals surface area (Å²) < 4.78 is 5.72. The monoisotopic (exact) mass is 326 g/mol. The molecule has 0 unspecified atom stereocenters. The predicted molar refractivity (Wildman–Crippen MR) is 104 cm³/mol. The van der Waals surface area contributed by atoms with Gasteiger partial charge >= 0.3 is 0 Å². The molecule has 3 N–H and O–H groups in total. The van der Waals surface area contributed by atoms with E-state index in [-0.39, 0.29) is 0 Å². The Kier molecular flexibility index (Phi) is 6.53.